The third-order valence-electron chi connectivity index (χ3n) is 5.03. The minimum atomic E-state index is 0.0968. The van der Waals surface area contributed by atoms with E-state index in [1.54, 1.807) is 17.4 Å². The first-order valence-corrected chi connectivity index (χ1v) is 9.49. The van der Waals surface area contributed by atoms with E-state index in [2.05, 4.69) is 12.3 Å². The third kappa shape index (κ3) is 3.32. The molecule has 3 heteroatoms. The molecule has 2 aromatic rings. The predicted molar refractivity (Wildman–Crippen MR) is 101 cm³/mol. The Morgan fingerprint density at radius 2 is 2.04 bits per heavy atom. The van der Waals surface area contributed by atoms with Gasteiger partial charge in [0.1, 0.15) is 5.75 Å². The Labute approximate surface area is 147 Å². The number of hydrogen-bond donors (Lipinski definition) is 1. The van der Waals surface area contributed by atoms with Crippen molar-refractivity contribution in [3.8, 4) is 5.75 Å². The van der Waals surface area contributed by atoms with E-state index in [4.69, 9.17) is 0 Å². The van der Waals surface area contributed by atoms with Crippen LogP contribution < -0.4 is 0 Å². The van der Waals surface area contributed by atoms with Gasteiger partial charge in [0.25, 0.3) is 0 Å². The lowest BCUT2D eigenvalue weighted by atomic mass is 9.83. The Balaban J connectivity index is 1.80. The zero-order valence-electron chi connectivity index (χ0n) is 14.6. The van der Waals surface area contributed by atoms with E-state index < -0.39 is 0 Å². The largest absolute Gasteiger partial charge is 0.507 e. The second-order valence-electron chi connectivity index (χ2n) is 6.79. The molecule has 1 aromatic carbocycles. The van der Waals surface area contributed by atoms with Gasteiger partial charge in [-0.1, -0.05) is 19.4 Å². The second kappa shape index (κ2) is 6.94. The van der Waals surface area contributed by atoms with Gasteiger partial charge >= 0.3 is 0 Å². The van der Waals surface area contributed by atoms with Gasteiger partial charge in [0.2, 0.25) is 0 Å². The van der Waals surface area contributed by atoms with Gasteiger partial charge in [-0.25, -0.2) is 0 Å². The zero-order valence-corrected chi connectivity index (χ0v) is 15.4. The predicted octanol–water partition coefficient (Wildman–Crippen LogP) is 5.48. The minimum absolute atomic E-state index is 0.0968. The maximum atomic E-state index is 12.6. The summed E-state index contributed by atoms with van der Waals surface area (Å²) < 4.78 is 0. The third-order valence-corrected chi connectivity index (χ3v) is 6.12. The average molecular weight is 340 g/mol. The number of aryl methyl sites for hydroxylation is 2. The molecule has 0 bridgehead atoms. The van der Waals surface area contributed by atoms with Gasteiger partial charge in [-0.15, -0.1) is 11.3 Å². The van der Waals surface area contributed by atoms with Crippen LogP contribution in [0.4, 0.5) is 0 Å². The summed E-state index contributed by atoms with van der Waals surface area (Å²) in [5.74, 6) is 1.20. The molecule has 1 unspecified atom stereocenters. The van der Waals surface area contributed by atoms with Gasteiger partial charge in [-0.2, -0.15) is 0 Å². The highest BCUT2D eigenvalue weighted by Gasteiger charge is 2.23. The molecule has 1 aromatic heterocycles. The minimum Gasteiger partial charge on any atom is -0.507 e. The Bertz CT molecular complexity index is 775. The van der Waals surface area contributed by atoms with Crippen LogP contribution in [0, 0.1) is 19.8 Å². The number of carbonyl (C=O) groups is 1. The molecule has 1 heterocycles. The molecule has 0 spiro atoms. The fourth-order valence-corrected chi connectivity index (χ4v) is 4.57. The van der Waals surface area contributed by atoms with Gasteiger partial charge in [0, 0.05) is 0 Å². The topological polar surface area (TPSA) is 37.3 Å². The summed E-state index contributed by atoms with van der Waals surface area (Å²) in [5.41, 5.74) is 5.28. The lowest BCUT2D eigenvalue weighted by molar-refractivity contribution is 0.105. The van der Waals surface area contributed by atoms with Crippen molar-refractivity contribution in [2.45, 2.75) is 46.5 Å². The quantitative estimate of drug-likeness (QED) is 0.591. The van der Waals surface area contributed by atoms with Crippen molar-refractivity contribution >= 4 is 23.2 Å². The van der Waals surface area contributed by atoms with Gasteiger partial charge in [0.05, 0.1) is 4.88 Å². The van der Waals surface area contributed by atoms with Crippen molar-refractivity contribution in [2.24, 2.45) is 5.92 Å². The number of ketones is 1. The summed E-state index contributed by atoms with van der Waals surface area (Å²) in [7, 11) is 0. The number of thiophene rings is 1. The molecule has 1 atom stereocenters. The molecule has 1 aliphatic carbocycles. The molecule has 0 saturated heterocycles. The van der Waals surface area contributed by atoms with Crippen molar-refractivity contribution in [3.05, 3.63) is 56.3 Å². The van der Waals surface area contributed by atoms with Crippen molar-refractivity contribution in [3.63, 3.8) is 0 Å². The van der Waals surface area contributed by atoms with Crippen LogP contribution in [0.25, 0.3) is 6.08 Å². The summed E-state index contributed by atoms with van der Waals surface area (Å²) >= 11 is 1.59. The van der Waals surface area contributed by atoms with Gasteiger partial charge in [0.15, 0.2) is 5.78 Å². The van der Waals surface area contributed by atoms with Gasteiger partial charge in [-0.05, 0) is 90.4 Å². The first kappa shape index (κ1) is 17.0. The molecule has 0 aliphatic heterocycles. The van der Waals surface area contributed by atoms with Crippen LogP contribution in [0.15, 0.2) is 23.6 Å². The number of phenols is 1. The molecular weight excluding hydrogens is 316 g/mol. The molecular formula is C21H24O2S. The van der Waals surface area contributed by atoms with Crippen LogP contribution >= 0.6 is 11.3 Å². The lowest BCUT2D eigenvalue weighted by Gasteiger charge is -2.21. The zero-order chi connectivity index (χ0) is 17.3. The number of carbonyl (C=O) groups excluding carboxylic acids is 1. The average Bonchev–Trinajstić information content (AvgIpc) is 3.00. The van der Waals surface area contributed by atoms with E-state index in [1.807, 2.05) is 32.1 Å². The highest BCUT2D eigenvalue weighted by molar-refractivity contribution is 7.12. The van der Waals surface area contributed by atoms with Crippen molar-refractivity contribution in [2.75, 3.05) is 0 Å². The Kier molecular flexibility index (Phi) is 4.91. The lowest BCUT2D eigenvalue weighted by Crippen LogP contribution is -2.13. The van der Waals surface area contributed by atoms with Crippen LogP contribution in [0.5, 0.6) is 5.75 Å². The maximum Gasteiger partial charge on any atom is 0.196 e. The number of fused-ring (bicyclic) bond motifs is 1. The van der Waals surface area contributed by atoms with Crippen LogP contribution in [0.3, 0.4) is 0 Å². The first-order chi connectivity index (χ1) is 11.5. The van der Waals surface area contributed by atoms with Crippen molar-refractivity contribution in [1.29, 1.82) is 0 Å². The summed E-state index contributed by atoms with van der Waals surface area (Å²) in [4.78, 5) is 13.5. The summed E-state index contributed by atoms with van der Waals surface area (Å²) in [5, 5.41) is 12.0. The molecule has 0 fully saturated rings. The molecule has 0 amide bonds. The van der Waals surface area contributed by atoms with Crippen LogP contribution in [0.2, 0.25) is 0 Å². The molecule has 1 aliphatic rings. The molecule has 24 heavy (non-hydrogen) atoms. The van der Waals surface area contributed by atoms with E-state index in [0.717, 1.165) is 40.3 Å². The fourth-order valence-electron chi connectivity index (χ4n) is 3.51. The molecule has 0 radical (unpaired) electrons. The first-order valence-electron chi connectivity index (χ1n) is 8.61. The Morgan fingerprint density at radius 3 is 2.71 bits per heavy atom. The number of hydrogen-bond acceptors (Lipinski definition) is 3. The standard InChI is InChI=1S/C21H24O2S/c1-4-15-5-7-18-17(11-15)12-24-21(18)19(22)8-6-16-9-13(2)20(23)14(3)10-16/h6,8-10,12,15,23H,4-5,7,11H2,1-3H3/b8-6+. The number of rotatable bonds is 4. The fraction of sp³-hybridized carbons (Fsp3) is 0.381. The number of aromatic hydroxyl groups is 1. The number of benzene rings is 1. The Morgan fingerprint density at radius 1 is 1.33 bits per heavy atom. The van der Waals surface area contributed by atoms with Crippen molar-refractivity contribution in [1.82, 2.24) is 0 Å². The molecule has 1 N–H and O–H groups in total. The van der Waals surface area contributed by atoms with E-state index >= 15 is 0 Å². The van der Waals surface area contributed by atoms with E-state index in [1.165, 1.54) is 24.0 Å². The Hall–Kier alpha value is -1.87. The van der Waals surface area contributed by atoms with E-state index in [9.17, 15) is 9.90 Å². The molecule has 126 valence electrons. The van der Waals surface area contributed by atoms with Crippen LogP contribution in [0.1, 0.15) is 57.3 Å². The molecule has 2 nitrogen and oxygen atoms in total. The highest BCUT2D eigenvalue weighted by atomic mass is 32.1. The maximum absolute atomic E-state index is 12.6. The van der Waals surface area contributed by atoms with Crippen LogP contribution in [-0.2, 0) is 12.8 Å². The van der Waals surface area contributed by atoms with E-state index in [0.29, 0.717) is 5.75 Å². The number of allylic oxidation sites excluding steroid dienone is 1. The second-order valence-corrected chi connectivity index (χ2v) is 7.67. The number of phenolic OH excluding ortho intramolecular Hbond substituents is 1. The highest BCUT2D eigenvalue weighted by Crippen LogP contribution is 2.34. The molecule has 0 saturated carbocycles. The van der Waals surface area contributed by atoms with Gasteiger partial charge < -0.3 is 5.11 Å². The molecule has 3 rings (SSSR count). The monoisotopic (exact) mass is 340 g/mol. The normalized spacial score (nSPS) is 17.2. The van der Waals surface area contributed by atoms with Crippen molar-refractivity contribution < 1.29 is 9.90 Å². The smallest absolute Gasteiger partial charge is 0.196 e. The summed E-state index contributed by atoms with van der Waals surface area (Å²) in [6.07, 6.45) is 8.09. The SMILES string of the molecule is CCC1CCc2c(csc2C(=O)/C=C/c2cc(C)c(O)c(C)c2)C1. The summed E-state index contributed by atoms with van der Waals surface area (Å²) in [6.45, 7) is 6.00. The van der Waals surface area contributed by atoms with Gasteiger partial charge in [-0.3, -0.25) is 4.79 Å². The van der Waals surface area contributed by atoms with Crippen LogP contribution in [-0.4, -0.2) is 10.9 Å². The summed E-state index contributed by atoms with van der Waals surface area (Å²) in [6, 6.07) is 3.81. The van der Waals surface area contributed by atoms with E-state index in [-0.39, 0.29) is 5.78 Å².